The zero-order chi connectivity index (χ0) is 17.8. The number of aromatic nitrogens is 4. The lowest BCUT2D eigenvalue weighted by molar-refractivity contribution is 0.0683. The maximum Gasteiger partial charge on any atom is 0.253 e. The second-order valence-corrected chi connectivity index (χ2v) is 6.17. The number of piperidine rings is 1. The van der Waals surface area contributed by atoms with Crippen molar-refractivity contribution in [2.24, 2.45) is 0 Å². The summed E-state index contributed by atoms with van der Waals surface area (Å²) in [6, 6.07) is 12.9. The number of amides is 1. The van der Waals surface area contributed by atoms with E-state index in [9.17, 15) is 4.79 Å². The average molecular weight is 349 g/mol. The van der Waals surface area contributed by atoms with Crippen LogP contribution in [0.1, 0.15) is 29.2 Å². The molecule has 0 N–H and O–H groups in total. The topological polar surface area (TPSA) is 73.1 Å². The van der Waals surface area contributed by atoms with Crippen molar-refractivity contribution in [1.82, 2.24) is 24.9 Å². The number of carbonyl (C=O) groups is 1. The fraction of sp³-hybridized carbons (Fsp3) is 0.263. The third-order valence-corrected chi connectivity index (χ3v) is 4.46. The van der Waals surface area contributed by atoms with Gasteiger partial charge in [0.2, 0.25) is 5.88 Å². The molecule has 0 spiro atoms. The molecule has 1 aliphatic rings. The van der Waals surface area contributed by atoms with Gasteiger partial charge >= 0.3 is 0 Å². The lowest BCUT2D eigenvalue weighted by Gasteiger charge is -2.31. The molecule has 26 heavy (non-hydrogen) atoms. The van der Waals surface area contributed by atoms with Gasteiger partial charge < -0.3 is 9.64 Å². The molecule has 3 aromatic rings. The Hall–Kier alpha value is -3.22. The van der Waals surface area contributed by atoms with Gasteiger partial charge in [-0.1, -0.05) is 12.1 Å². The van der Waals surface area contributed by atoms with Crippen LogP contribution in [0.5, 0.6) is 11.6 Å². The Labute approximate surface area is 151 Å². The highest BCUT2D eigenvalue weighted by molar-refractivity contribution is 5.94. The predicted octanol–water partition coefficient (Wildman–Crippen LogP) is 2.94. The Morgan fingerprint density at radius 1 is 1.00 bits per heavy atom. The third-order valence-electron chi connectivity index (χ3n) is 4.46. The fourth-order valence-corrected chi connectivity index (χ4v) is 3.12. The normalized spacial score (nSPS) is 15.0. The van der Waals surface area contributed by atoms with Crippen LogP contribution < -0.4 is 4.74 Å². The van der Waals surface area contributed by atoms with Crippen LogP contribution in [0.3, 0.4) is 0 Å². The first-order valence-electron chi connectivity index (χ1n) is 8.63. The SMILES string of the molecule is O=C(c1cccc(Oc2ccccn2)c1)N1CCC(n2nccn2)CC1. The second-order valence-electron chi connectivity index (χ2n) is 6.17. The fourth-order valence-electron chi connectivity index (χ4n) is 3.12. The minimum Gasteiger partial charge on any atom is -0.439 e. The van der Waals surface area contributed by atoms with Gasteiger partial charge in [-0.15, -0.1) is 0 Å². The number of likely N-dealkylation sites (tertiary alicyclic amines) is 1. The summed E-state index contributed by atoms with van der Waals surface area (Å²) in [6.07, 6.45) is 6.74. The van der Waals surface area contributed by atoms with Crippen molar-refractivity contribution in [3.8, 4) is 11.6 Å². The van der Waals surface area contributed by atoms with Gasteiger partial charge in [-0.3, -0.25) is 4.79 Å². The van der Waals surface area contributed by atoms with Crippen molar-refractivity contribution in [2.45, 2.75) is 18.9 Å². The van der Waals surface area contributed by atoms with Crippen LogP contribution in [-0.4, -0.2) is 43.9 Å². The van der Waals surface area contributed by atoms with E-state index in [1.165, 1.54) is 0 Å². The van der Waals surface area contributed by atoms with Crippen molar-refractivity contribution in [2.75, 3.05) is 13.1 Å². The van der Waals surface area contributed by atoms with Gasteiger partial charge in [0.1, 0.15) is 5.75 Å². The minimum atomic E-state index is 0.0170. The van der Waals surface area contributed by atoms with E-state index in [-0.39, 0.29) is 11.9 Å². The summed E-state index contributed by atoms with van der Waals surface area (Å²) < 4.78 is 5.72. The third kappa shape index (κ3) is 3.56. The number of nitrogens with zero attached hydrogens (tertiary/aromatic N) is 5. The first-order chi connectivity index (χ1) is 12.8. The molecule has 0 bridgehead atoms. The number of carbonyl (C=O) groups excluding carboxylic acids is 1. The van der Waals surface area contributed by atoms with Crippen LogP contribution in [-0.2, 0) is 0 Å². The van der Waals surface area contributed by atoms with Gasteiger partial charge in [0.25, 0.3) is 5.91 Å². The number of ether oxygens (including phenoxy) is 1. The maximum absolute atomic E-state index is 12.8. The summed E-state index contributed by atoms with van der Waals surface area (Å²) in [5.74, 6) is 1.12. The molecule has 1 fully saturated rings. The highest BCUT2D eigenvalue weighted by Gasteiger charge is 2.25. The summed E-state index contributed by atoms with van der Waals surface area (Å²) in [4.78, 5) is 20.6. The number of rotatable bonds is 4. The van der Waals surface area contributed by atoms with E-state index in [0.717, 1.165) is 12.8 Å². The molecule has 0 saturated carbocycles. The average Bonchev–Trinajstić information content (AvgIpc) is 3.23. The molecule has 132 valence electrons. The molecule has 1 amide bonds. The van der Waals surface area contributed by atoms with Gasteiger partial charge in [-0.05, 0) is 37.1 Å². The summed E-state index contributed by atoms with van der Waals surface area (Å²) in [7, 11) is 0. The molecule has 0 atom stereocenters. The Morgan fingerprint density at radius 2 is 1.81 bits per heavy atom. The van der Waals surface area contributed by atoms with Crippen molar-refractivity contribution in [3.05, 3.63) is 66.6 Å². The Kier molecular flexibility index (Phi) is 4.59. The zero-order valence-corrected chi connectivity index (χ0v) is 14.2. The molecule has 2 aromatic heterocycles. The molecular formula is C19H19N5O2. The van der Waals surface area contributed by atoms with Crippen LogP contribution in [0.4, 0.5) is 0 Å². The maximum atomic E-state index is 12.8. The Bertz CT molecular complexity index is 859. The van der Waals surface area contributed by atoms with Crippen molar-refractivity contribution in [3.63, 3.8) is 0 Å². The first-order valence-corrected chi connectivity index (χ1v) is 8.63. The molecule has 7 heteroatoms. The van der Waals surface area contributed by atoms with E-state index in [2.05, 4.69) is 15.2 Å². The molecule has 1 aliphatic heterocycles. The quantitative estimate of drug-likeness (QED) is 0.724. The van der Waals surface area contributed by atoms with Crippen molar-refractivity contribution in [1.29, 1.82) is 0 Å². The molecule has 7 nitrogen and oxygen atoms in total. The van der Waals surface area contributed by atoms with Gasteiger partial charge in [0.05, 0.1) is 18.4 Å². The van der Waals surface area contributed by atoms with Gasteiger partial charge in [0, 0.05) is 30.9 Å². The lowest BCUT2D eigenvalue weighted by Crippen LogP contribution is -2.39. The number of pyridine rings is 1. The van der Waals surface area contributed by atoms with E-state index in [1.54, 1.807) is 35.5 Å². The lowest BCUT2D eigenvalue weighted by atomic mass is 10.0. The molecule has 3 heterocycles. The van der Waals surface area contributed by atoms with Crippen LogP contribution in [0.15, 0.2) is 61.1 Å². The Balaban J connectivity index is 1.41. The molecule has 0 aliphatic carbocycles. The second kappa shape index (κ2) is 7.35. The predicted molar refractivity (Wildman–Crippen MR) is 94.9 cm³/mol. The van der Waals surface area contributed by atoms with E-state index in [4.69, 9.17) is 4.74 Å². The molecule has 1 aromatic carbocycles. The number of hydrogen-bond donors (Lipinski definition) is 0. The van der Waals surface area contributed by atoms with Gasteiger partial charge in [-0.2, -0.15) is 15.0 Å². The largest absolute Gasteiger partial charge is 0.439 e. The van der Waals surface area contributed by atoms with E-state index in [1.807, 2.05) is 35.2 Å². The van der Waals surface area contributed by atoms with Crippen LogP contribution in [0, 0.1) is 0 Å². The van der Waals surface area contributed by atoms with Crippen LogP contribution >= 0.6 is 0 Å². The monoisotopic (exact) mass is 349 g/mol. The van der Waals surface area contributed by atoms with Gasteiger partial charge in [-0.25, -0.2) is 4.98 Å². The van der Waals surface area contributed by atoms with E-state index in [0.29, 0.717) is 30.3 Å². The molecule has 0 radical (unpaired) electrons. The molecule has 1 saturated heterocycles. The van der Waals surface area contributed by atoms with Crippen LogP contribution in [0.2, 0.25) is 0 Å². The highest BCUT2D eigenvalue weighted by atomic mass is 16.5. The minimum absolute atomic E-state index is 0.0170. The zero-order valence-electron chi connectivity index (χ0n) is 14.2. The Morgan fingerprint density at radius 3 is 2.54 bits per heavy atom. The van der Waals surface area contributed by atoms with E-state index < -0.39 is 0 Å². The summed E-state index contributed by atoms with van der Waals surface area (Å²) >= 11 is 0. The summed E-state index contributed by atoms with van der Waals surface area (Å²) in [5.41, 5.74) is 0.620. The highest BCUT2D eigenvalue weighted by Crippen LogP contribution is 2.24. The molecule has 4 rings (SSSR count). The molecule has 0 unspecified atom stereocenters. The van der Waals surface area contributed by atoms with Crippen LogP contribution in [0.25, 0.3) is 0 Å². The smallest absolute Gasteiger partial charge is 0.253 e. The van der Waals surface area contributed by atoms with E-state index >= 15 is 0 Å². The summed E-state index contributed by atoms with van der Waals surface area (Å²) in [6.45, 7) is 1.38. The van der Waals surface area contributed by atoms with Crippen molar-refractivity contribution >= 4 is 5.91 Å². The number of benzene rings is 1. The number of hydrogen-bond acceptors (Lipinski definition) is 5. The molecular weight excluding hydrogens is 330 g/mol. The first kappa shape index (κ1) is 16.3. The summed E-state index contributed by atoms with van der Waals surface area (Å²) in [5, 5.41) is 8.40. The standard InChI is InChI=1S/C19H19N5O2/c25-19(23-12-7-16(8-13-23)24-21-10-11-22-24)15-4-3-5-17(14-15)26-18-6-1-2-9-20-18/h1-6,9-11,14,16H,7-8,12-13H2. The van der Waals surface area contributed by atoms with Crippen molar-refractivity contribution < 1.29 is 9.53 Å². The van der Waals surface area contributed by atoms with Gasteiger partial charge in [0.15, 0.2) is 0 Å².